The molecule has 0 aliphatic carbocycles. The molecule has 1 aromatic carbocycles. The number of nitrogens with zero attached hydrogens (tertiary/aromatic N) is 1. The number of aryl methyl sites for hydroxylation is 2. The van der Waals surface area contributed by atoms with Gasteiger partial charge in [0.25, 0.3) is 5.91 Å². The molecule has 0 unspecified atom stereocenters. The molecule has 0 aliphatic heterocycles. The Morgan fingerprint density at radius 1 is 1.30 bits per heavy atom. The highest BCUT2D eigenvalue weighted by Gasteiger charge is 2.06. The lowest BCUT2D eigenvalue weighted by Crippen LogP contribution is -2.12. The minimum Gasteiger partial charge on any atom is -0.330 e. The SMILES string of the molecule is Cc1ccc(C(=O)Nc2cccc(CCCN)c2)cn1. The fourth-order valence-corrected chi connectivity index (χ4v) is 1.92. The normalized spacial score (nSPS) is 10.3. The van der Waals surface area contributed by atoms with Crippen molar-refractivity contribution in [2.75, 3.05) is 11.9 Å². The number of aromatic nitrogens is 1. The van der Waals surface area contributed by atoms with Crippen molar-refractivity contribution in [3.05, 3.63) is 59.4 Å². The van der Waals surface area contributed by atoms with Crippen LogP contribution in [-0.2, 0) is 6.42 Å². The molecule has 1 aromatic heterocycles. The Morgan fingerprint density at radius 3 is 2.85 bits per heavy atom. The van der Waals surface area contributed by atoms with Crippen molar-refractivity contribution in [1.82, 2.24) is 4.98 Å². The van der Waals surface area contributed by atoms with E-state index < -0.39 is 0 Å². The number of anilines is 1. The first kappa shape index (κ1) is 14.2. The average Bonchev–Trinajstić information content (AvgIpc) is 2.46. The van der Waals surface area contributed by atoms with Crippen LogP contribution in [0.5, 0.6) is 0 Å². The van der Waals surface area contributed by atoms with Gasteiger partial charge < -0.3 is 11.1 Å². The summed E-state index contributed by atoms with van der Waals surface area (Å²) in [7, 11) is 0. The van der Waals surface area contributed by atoms with Gasteiger partial charge in [-0.1, -0.05) is 12.1 Å². The summed E-state index contributed by atoms with van der Waals surface area (Å²) in [4.78, 5) is 16.2. The van der Waals surface area contributed by atoms with Gasteiger partial charge in [-0.3, -0.25) is 9.78 Å². The standard InChI is InChI=1S/C16H19N3O/c1-12-7-8-14(11-18-12)16(20)19-15-6-2-4-13(10-15)5-3-9-17/h2,4,6-8,10-11H,3,5,9,17H2,1H3,(H,19,20). The van der Waals surface area contributed by atoms with Gasteiger partial charge in [-0.15, -0.1) is 0 Å². The van der Waals surface area contributed by atoms with E-state index in [1.807, 2.05) is 37.3 Å². The van der Waals surface area contributed by atoms with Crippen LogP contribution < -0.4 is 11.1 Å². The fraction of sp³-hybridized carbons (Fsp3) is 0.250. The number of carbonyl (C=O) groups is 1. The third-order valence-corrected chi connectivity index (χ3v) is 3.03. The molecule has 1 heterocycles. The fourth-order valence-electron chi connectivity index (χ4n) is 1.92. The zero-order valence-electron chi connectivity index (χ0n) is 11.6. The molecule has 1 amide bonds. The zero-order valence-corrected chi connectivity index (χ0v) is 11.6. The van der Waals surface area contributed by atoms with Gasteiger partial charge in [-0.05, 0) is 56.1 Å². The second-order valence-corrected chi connectivity index (χ2v) is 4.73. The van der Waals surface area contributed by atoms with E-state index in [1.54, 1.807) is 12.3 Å². The molecule has 2 aromatic rings. The molecule has 20 heavy (non-hydrogen) atoms. The molecular weight excluding hydrogens is 250 g/mol. The van der Waals surface area contributed by atoms with Crippen LogP contribution in [-0.4, -0.2) is 17.4 Å². The lowest BCUT2D eigenvalue weighted by atomic mass is 10.1. The van der Waals surface area contributed by atoms with Gasteiger partial charge in [0.2, 0.25) is 0 Å². The second kappa shape index (κ2) is 6.82. The first-order valence-corrected chi connectivity index (χ1v) is 6.72. The Balaban J connectivity index is 2.05. The van der Waals surface area contributed by atoms with Crippen LogP contribution in [0.15, 0.2) is 42.6 Å². The monoisotopic (exact) mass is 269 g/mol. The summed E-state index contributed by atoms with van der Waals surface area (Å²) in [6.07, 6.45) is 3.45. The van der Waals surface area contributed by atoms with Gasteiger partial charge in [0.1, 0.15) is 0 Å². The van der Waals surface area contributed by atoms with Gasteiger partial charge in [0, 0.05) is 17.6 Å². The van der Waals surface area contributed by atoms with Crippen LogP contribution in [0.25, 0.3) is 0 Å². The third kappa shape index (κ3) is 3.90. The average molecular weight is 269 g/mol. The Morgan fingerprint density at radius 2 is 2.15 bits per heavy atom. The number of rotatable bonds is 5. The molecule has 4 nitrogen and oxygen atoms in total. The number of amides is 1. The third-order valence-electron chi connectivity index (χ3n) is 3.03. The van der Waals surface area contributed by atoms with Gasteiger partial charge in [-0.2, -0.15) is 0 Å². The Kier molecular flexibility index (Phi) is 4.85. The van der Waals surface area contributed by atoms with E-state index in [1.165, 1.54) is 5.56 Å². The summed E-state index contributed by atoms with van der Waals surface area (Å²) in [5, 5.41) is 2.88. The number of hydrogen-bond acceptors (Lipinski definition) is 3. The van der Waals surface area contributed by atoms with Crippen molar-refractivity contribution in [3.63, 3.8) is 0 Å². The molecule has 0 aliphatic rings. The summed E-state index contributed by atoms with van der Waals surface area (Å²) >= 11 is 0. The van der Waals surface area contributed by atoms with Crippen molar-refractivity contribution in [2.24, 2.45) is 5.73 Å². The zero-order chi connectivity index (χ0) is 14.4. The van der Waals surface area contributed by atoms with Gasteiger partial charge >= 0.3 is 0 Å². The van der Waals surface area contributed by atoms with Gasteiger partial charge in [-0.25, -0.2) is 0 Å². The van der Waals surface area contributed by atoms with Crippen LogP contribution in [0, 0.1) is 6.92 Å². The quantitative estimate of drug-likeness (QED) is 0.876. The highest BCUT2D eigenvalue weighted by Crippen LogP contribution is 2.13. The Bertz CT molecular complexity index is 579. The molecule has 0 fully saturated rings. The molecule has 4 heteroatoms. The van der Waals surface area contributed by atoms with E-state index in [0.717, 1.165) is 24.2 Å². The van der Waals surface area contributed by atoms with Crippen LogP contribution in [0.4, 0.5) is 5.69 Å². The van der Waals surface area contributed by atoms with E-state index in [9.17, 15) is 4.79 Å². The molecule has 3 N–H and O–H groups in total. The highest BCUT2D eigenvalue weighted by molar-refractivity contribution is 6.04. The van der Waals surface area contributed by atoms with Crippen molar-refractivity contribution < 1.29 is 4.79 Å². The number of hydrogen-bond donors (Lipinski definition) is 2. The first-order valence-electron chi connectivity index (χ1n) is 6.72. The van der Waals surface area contributed by atoms with Crippen molar-refractivity contribution in [2.45, 2.75) is 19.8 Å². The van der Waals surface area contributed by atoms with Crippen molar-refractivity contribution >= 4 is 11.6 Å². The molecular formula is C16H19N3O. The summed E-state index contributed by atoms with van der Waals surface area (Å²) < 4.78 is 0. The maximum absolute atomic E-state index is 12.1. The van der Waals surface area contributed by atoms with Crippen LogP contribution in [0.3, 0.4) is 0 Å². The van der Waals surface area contributed by atoms with E-state index in [-0.39, 0.29) is 5.91 Å². The maximum atomic E-state index is 12.1. The highest BCUT2D eigenvalue weighted by atomic mass is 16.1. The predicted octanol–water partition coefficient (Wildman–Crippen LogP) is 2.53. The number of pyridine rings is 1. The molecule has 0 spiro atoms. The summed E-state index contributed by atoms with van der Waals surface area (Å²) in [6, 6.07) is 11.4. The second-order valence-electron chi connectivity index (χ2n) is 4.73. The van der Waals surface area contributed by atoms with E-state index in [0.29, 0.717) is 12.1 Å². The van der Waals surface area contributed by atoms with Crippen molar-refractivity contribution in [3.8, 4) is 0 Å². The first-order chi connectivity index (χ1) is 9.69. The number of nitrogens with two attached hydrogens (primary N) is 1. The minimum absolute atomic E-state index is 0.145. The lowest BCUT2D eigenvalue weighted by molar-refractivity contribution is 0.102. The molecule has 0 atom stereocenters. The molecule has 2 rings (SSSR count). The maximum Gasteiger partial charge on any atom is 0.257 e. The predicted molar refractivity (Wildman–Crippen MR) is 80.7 cm³/mol. The van der Waals surface area contributed by atoms with Gasteiger partial charge in [0.05, 0.1) is 5.56 Å². The molecule has 0 bridgehead atoms. The summed E-state index contributed by atoms with van der Waals surface area (Å²) in [6.45, 7) is 2.56. The topological polar surface area (TPSA) is 68.0 Å². The number of benzene rings is 1. The smallest absolute Gasteiger partial charge is 0.257 e. The largest absolute Gasteiger partial charge is 0.330 e. The number of nitrogens with one attached hydrogen (secondary N) is 1. The lowest BCUT2D eigenvalue weighted by Gasteiger charge is -2.07. The number of carbonyl (C=O) groups excluding carboxylic acids is 1. The van der Waals surface area contributed by atoms with E-state index in [2.05, 4.69) is 10.3 Å². The van der Waals surface area contributed by atoms with Crippen LogP contribution >= 0.6 is 0 Å². The molecule has 0 radical (unpaired) electrons. The Labute approximate surface area is 119 Å². The van der Waals surface area contributed by atoms with Gasteiger partial charge in [0.15, 0.2) is 0 Å². The summed E-state index contributed by atoms with van der Waals surface area (Å²) in [5.41, 5.74) is 8.93. The molecule has 0 saturated heterocycles. The van der Waals surface area contributed by atoms with Crippen molar-refractivity contribution in [1.29, 1.82) is 0 Å². The Hall–Kier alpha value is -2.20. The van der Waals surface area contributed by atoms with Crippen LogP contribution in [0.1, 0.15) is 28.0 Å². The molecule has 0 saturated carbocycles. The van der Waals surface area contributed by atoms with E-state index >= 15 is 0 Å². The molecule has 104 valence electrons. The minimum atomic E-state index is -0.145. The summed E-state index contributed by atoms with van der Waals surface area (Å²) in [5.74, 6) is -0.145. The van der Waals surface area contributed by atoms with E-state index in [4.69, 9.17) is 5.73 Å². The van der Waals surface area contributed by atoms with Crippen LogP contribution in [0.2, 0.25) is 0 Å².